The van der Waals surface area contributed by atoms with E-state index in [0.29, 0.717) is 22.3 Å². The van der Waals surface area contributed by atoms with E-state index in [1.807, 2.05) is 27.7 Å². The number of aryl methyl sites for hydroxylation is 1. The number of rotatable bonds is 6. The lowest BCUT2D eigenvalue weighted by Crippen LogP contribution is -2.55. The summed E-state index contributed by atoms with van der Waals surface area (Å²) in [7, 11) is 0. The van der Waals surface area contributed by atoms with Gasteiger partial charge in [0.05, 0.1) is 5.52 Å². The van der Waals surface area contributed by atoms with Crippen molar-refractivity contribution in [1.82, 2.24) is 15.2 Å². The maximum absolute atomic E-state index is 13.6. The molecule has 0 saturated heterocycles. The van der Waals surface area contributed by atoms with Crippen molar-refractivity contribution in [1.29, 1.82) is 0 Å². The number of fused-ring (bicyclic) bond motifs is 1. The van der Waals surface area contributed by atoms with Crippen LogP contribution in [0, 0.1) is 6.92 Å². The molecule has 1 aromatic carbocycles. The van der Waals surface area contributed by atoms with E-state index in [1.165, 1.54) is 0 Å². The maximum Gasteiger partial charge on any atom is 0.411 e. The average molecular weight is 526 g/mol. The number of hydrogen-bond acceptors (Lipinski definition) is 7. The number of alkyl halides is 5. The summed E-state index contributed by atoms with van der Waals surface area (Å²) in [6.07, 6.45) is -7.39. The van der Waals surface area contributed by atoms with Crippen LogP contribution in [-0.2, 0) is 5.41 Å². The van der Waals surface area contributed by atoms with Crippen molar-refractivity contribution in [3.8, 4) is 11.6 Å². The second kappa shape index (κ2) is 8.24. The minimum Gasteiger partial charge on any atom is -0.402 e. The molecular formula is C25H28F5N5O2. The average Bonchev–Trinajstić information content (AvgIpc) is 3.41. The van der Waals surface area contributed by atoms with Gasteiger partial charge in [-0.15, -0.1) is 5.10 Å². The summed E-state index contributed by atoms with van der Waals surface area (Å²) in [5.41, 5.74) is -1.44. The van der Waals surface area contributed by atoms with Gasteiger partial charge >= 0.3 is 12.2 Å². The number of aromatic nitrogens is 3. The zero-order chi connectivity index (χ0) is 27.0. The van der Waals surface area contributed by atoms with E-state index in [-0.39, 0.29) is 37.6 Å². The highest BCUT2D eigenvalue weighted by Crippen LogP contribution is 2.51. The van der Waals surface area contributed by atoms with Crippen LogP contribution in [0.5, 0.6) is 0 Å². The summed E-state index contributed by atoms with van der Waals surface area (Å²) in [6.45, 7) is 7.70. The lowest BCUT2D eigenvalue weighted by atomic mass is 9.76. The normalized spacial score (nSPS) is 23.3. The number of nitrogens with zero attached hydrogens (tertiary/aromatic N) is 3. The first-order valence-electron chi connectivity index (χ1n) is 12.0. The first-order valence-corrected chi connectivity index (χ1v) is 12.0. The topological polar surface area (TPSA) is 96.1 Å². The summed E-state index contributed by atoms with van der Waals surface area (Å²) in [5, 5.41) is 24.0. The second-order valence-electron chi connectivity index (χ2n) is 11.3. The number of anilines is 2. The van der Waals surface area contributed by atoms with Crippen molar-refractivity contribution in [3.63, 3.8) is 0 Å². The highest BCUT2D eigenvalue weighted by Gasteiger charge is 2.63. The van der Waals surface area contributed by atoms with Gasteiger partial charge in [0.15, 0.2) is 0 Å². The number of benzene rings is 1. The first-order chi connectivity index (χ1) is 17.1. The van der Waals surface area contributed by atoms with Crippen molar-refractivity contribution in [2.75, 3.05) is 10.6 Å². The molecule has 37 heavy (non-hydrogen) atoms. The molecule has 0 aliphatic heterocycles. The molecule has 2 saturated carbocycles. The largest absolute Gasteiger partial charge is 0.411 e. The summed E-state index contributed by atoms with van der Waals surface area (Å²) in [6, 6.07) is 4.71. The second-order valence-corrected chi connectivity index (χ2v) is 11.3. The number of halogens is 5. The van der Waals surface area contributed by atoms with Crippen LogP contribution in [0.15, 0.2) is 22.6 Å². The van der Waals surface area contributed by atoms with Crippen molar-refractivity contribution >= 4 is 22.6 Å². The van der Waals surface area contributed by atoms with Gasteiger partial charge in [0.1, 0.15) is 16.8 Å². The third kappa shape index (κ3) is 4.60. The van der Waals surface area contributed by atoms with Crippen molar-refractivity contribution < 1.29 is 31.5 Å². The number of pyridine rings is 1. The molecule has 0 spiro atoms. The highest BCUT2D eigenvalue weighted by atomic mass is 19.4. The van der Waals surface area contributed by atoms with Crippen LogP contribution in [0.1, 0.15) is 57.6 Å². The van der Waals surface area contributed by atoms with E-state index in [9.17, 15) is 27.1 Å². The molecule has 0 bridgehead atoms. The van der Waals surface area contributed by atoms with E-state index < -0.39 is 35.2 Å². The van der Waals surface area contributed by atoms with E-state index in [2.05, 4.69) is 20.8 Å². The Hall–Kier alpha value is -3.02. The smallest absolute Gasteiger partial charge is 0.402 e. The Morgan fingerprint density at radius 1 is 1.08 bits per heavy atom. The lowest BCUT2D eigenvalue weighted by Gasteiger charge is -2.42. The Kier molecular flexibility index (Phi) is 5.71. The zero-order valence-electron chi connectivity index (χ0n) is 20.8. The molecule has 2 aromatic heterocycles. The van der Waals surface area contributed by atoms with Crippen LogP contribution in [0.4, 0.5) is 33.7 Å². The van der Waals surface area contributed by atoms with Gasteiger partial charge in [-0.2, -0.15) is 13.2 Å². The van der Waals surface area contributed by atoms with Crippen LogP contribution >= 0.6 is 0 Å². The highest BCUT2D eigenvalue weighted by molar-refractivity contribution is 5.91. The minimum atomic E-state index is -4.34. The van der Waals surface area contributed by atoms with Crippen LogP contribution in [0.25, 0.3) is 22.5 Å². The van der Waals surface area contributed by atoms with Gasteiger partial charge in [0.25, 0.3) is 12.3 Å². The fraction of sp³-hybridized carbons (Fsp3) is 0.560. The van der Waals surface area contributed by atoms with Crippen molar-refractivity contribution in [2.45, 2.75) is 88.6 Å². The molecule has 0 amide bonds. The van der Waals surface area contributed by atoms with Crippen molar-refractivity contribution in [2.24, 2.45) is 0 Å². The van der Waals surface area contributed by atoms with E-state index in [4.69, 9.17) is 9.40 Å². The number of nitrogens with one attached hydrogen (secondary N) is 2. The molecule has 0 unspecified atom stereocenters. The molecule has 2 aliphatic carbocycles. The quantitative estimate of drug-likeness (QED) is 0.342. The van der Waals surface area contributed by atoms with E-state index >= 15 is 0 Å². The molecule has 12 heteroatoms. The van der Waals surface area contributed by atoms with Crippen molar-refractivity contribution in [3.05, 3.63) is 29.3 Å². The standard InChI is InChI=1S/C25H28F5N5O2/c1-12-7-17(19-34-35-21(37-19)31-14-10-23(36,11-14)20(26)27)32-18-15(12)8-13(9-16(18)22(2,3)4)33-24(5-6-24)25(28,29)30/h7-9,14,20,33,36H,5-6,10-11H2,1-4H3,(H,31,35). The zero-order valence-corrected chi connectivity index (χ0v) is 20.8. The monoisotopic (exact) mass is 525 g/mol. The Morgan fingerprint density at radius 3 is 2.32 bits per heavy atom. The summed E-state index contributed by atoms with van der Waals surface area (Å²) in [5.74, 6) is 0.104. The minimum absolute atomic E-state index is 0.0216. The van der Waals surface area contributed by atoms with E-state index in [0.717, 1.165) is 11.1 Å². The Morgan fingerprint density at radius 2 is 1.76 bits per heavy atom. The molecule has 2 heterocycles. The van der Waals surface area contributed by atoms with E-state index in [1.54, 1.807) is 18.2 Å². The predicted octanol–water partition coefficient (Wildman–Crippen LogP) is 5.97. The molecule has 0 atom stereocenters. The summed E-state index contributed by atoms with van der Waals surface area (Å²) >= 11 is 0. The lowest BCUT2D eigenvalue weighted by molar-refractivity contribution is -0.151. The van der Waals surface area contributed by atoms with Gasteiger partial charge in [-0.05, 0) is 54.5 Å². The molecule has 0 radical (unpaired) electrons. The number of hydrogen-bond donors (Lipinski definition) is 3. The fourth-order valence-electron chi connectivity index (χ4n) is 4.76. The molecule has 3 N–H and O–H groups in total. The van der Waals surface area contributed by atoms with Gasteiger partial charge in [-0.1, -0.05) is 25.9 Å². The van der Waals surface area contributed by atoms with Crippen LogP contribution < -0.4 is 10.6 Å². The molecule has 200 valence electrons. The van der Waals surface area contributed by atoms with Crippen LogP contribution in [0.3, 0.4) is 0 Å². The Bertz CT molecular complexity index is 1340. The molecule has 2 aliphatic rings. The third-order valence-corrected chi connectivity index (χ3v) is 7.18. The van der Waals surface area contributed by atoms with Crippen LogP contribution in [-0.4, -0.2) is 50.1 Å². The molecule has 5 rings (SSSR count). The number of aliphatic hydroxyl groups is 1. The van der Waals surface area contributed by atoms with Gasteiger partial charge in [0.2, 0.25) is 0 Å². The van der Waals surface area contributed by atoms with Gasteiger partial charge in [0, 0.05) is 30.0 Å². The van der Waals surface area contributed by atoms with Gasteiger partial charge in [-0.25, -0.2) is 13.8 Å². The Balaban J connectivity index is 1.46. The summed E-state index contributed by atoms with van der Waals surface area (Å²) < 4.78 is 72.1. The van der Waals surface area contributed by atoms with Gasteiger partial charge < -0.3 is 20.2 Å². The molecule has 2 fully saturated rings. The molecule has 7 nitrogen and oxygen atoms in total. The maximum atomic E-state index is 13.6. The fourth-order valence-corrected chi connectivity index (χ4v) is 4.76. The van der Waals surface area contributed by atoms with Crippen LogP contribution in [0.2, 0.25) is 0 Å². The first kappa shape index (κ1) is 25.6. The molecular weight excluding hydrogens is 497 g/mol. The Labute approximate surface area is 209 Å². The third-order valence-electron chi connectivity index (χ3n) is 7.18. The molecule has 3 aromatic rings. The predicted molar refractivity (Wildman–Crippen MR) is 128 cm³/mol. The summed E-state index contributed by atoms with van der Waals surface area (Å²) in [4.78, 5) is 4.73. The SMILES string of the molecule is Cc1cc(-c2nnc(NC3CC(O)(C(F)F)C3)o2)nc2c(C(C)(C)C)cc(NC3(C(F)(F)F)CC3)cc12. The van der Waals surface area contributed by atoms with Gasteiger partial charge in [-0.3, -0.25) is 0 Å².